The second-order valence-corrected chi connectivity index (χ2v) is 7.27. The molecule has 7 heteroatoms. The van der Waals surface area contributed by atoms with E-state index in [0.29, 0.717) is 26.9 Å². The third-order valence-electron chi connectivity index (χ3n) is 4.13. The molecule has 2 N–H and O–H groups in total. The second kappa shape index (κ2) is 8.87. The van der Waals surface area contributed by atoms with E-state index < -0.39 is 5.97 Å². The number of phenols is 1. The molecule has 0 spiro atoms. The monoisotopic (exact) mass is 411 g/mol. The molecule has 0 fully saturated rings. The first kappa shape index (κ1) is 20.5. The van der Waals surface area contributed by atoms with Crippen molar-refractivity contribution in [2.24, 2.45) is 4.99 Å². The molecule has 2 aromatic carbocycles. The summed E-state index contributed by atoms with van der Waals surface area (Å²) in [6.07, 6.45) is 1.61. The molecule has 0 atom stereocenters. The van der Waals surface area contributed by atoms with Crippen molar-refractivity contribution in [3.63, 3.8) is 0 Å². The fraction of sp³-hybridized carbons (Fsp3) is 0.182. The number of hydrogen-bond donors (Lipinski definition) is 2. The zero-order chi connectivity index (χ0) is 21.0. The van der Waals surface area contributed by atoms with E-state index in [1.54, 1.807) is 56.5 Å². The number of aryl methyl sites for hydroxylation is 1. The van der Waals surface area contributed by atoms with Gasteiger partial charge in [0.25, 0.3) is 0 Å². The fourth-order valence-corrected chi connectivity index (χ4v) is 3.73. The molecule has 29 heavy (non-hydrogen) atoms. The van der Waals surface area contributed by atoms with Crippen molar-refractivity contribution in [3.05, 3.63) is 69.8 Å². The largest absolute Gasteiger partial charge is 0.507 e. The van der Waals surface area contributed by atoms with E-state index in [4.69, 9.17) is 9.47 Å². The number of aliphatic hydroxyl groups is 1. The van der Waals surface area contributed by atoms with Crippen LogP contribution in [0.1, 0.15) is 18.1 Å². The molecule has 0 saturated carbocycles. The van der Waals surface area contributed by atoms with Crippen molar-refractivity contribution < 1.29 is 24.5 Å². The Labute approximate surface area is 173 Å². The van der Waals surface area contributed by atoms with E-state index in [9.17, 15) is 15.0 Å². The molecule has 0 unspecified atom stereocenters. The average molecular weight is 411 g/mol. The van der Waals surface area contributed by atoms with Crippen LogP contribution >= 0.6 is 11.8 Å². The second-order valence-electron chi connectivity index (χ2n) is 6.24. The molecule has 2 aromatic rings. The van der Waals surface area contributed by atoms with E-state index >= 15 is 0 Å². The number of benzene rings is 2. The van der Waals surface area contributed by atoms with Crippen LogP contribution in [0.2, 0.25) is 0 Å². The van der Waals surface area contributed by atoms with Gasteiger partial charge in [0.2, 0.25) is 0 Å². The van der Waals surface area contributed by atoms with Crippen molar-refractivity contribution in [2.45, 2.75) is 13.8 Å². The van der Waals surface area contributed by atoms with Crippen molar-refractivity contribution in [1.29, 1.82) is 0 Å². The molecule has 0 amide bonds. The first-order valence-electron chi connectivity index (χ1n) is 8.96. The minimum Gasteiger partial charge on any atom is -0.507 e. The Kier molecular flexibility index (Phi) is 6.29. The molecule has 0 radical (unpaired) electrons. The highest BCUT2D eigenvalue weighted by atomic mass is 32.2. The van der Waals surface area contributed by atoms with Crippen LogP contribution in [0.4, 0.5) is 5.69 Å². The minimum atomic E-state index is -0.657. The number of ether oxygens (including phenoxy) is 2. The number of phenolic OH excluding ortho intramolecular Hbond substituents is 1. The molecule has 150 valence electrons. The van der Waals surface area contributed by atoms with Crippen LogP contribution in [0.15, 0.2) is 63.7 Å². The highest BCUT2D eigenvalue weighted by Crippen LogP contribution is 2.41. The maximum Gasteiger partial charge on any atom is 0.344 e. The molecule has 1 heterocycles. The third-order valence-corrected chi connectivity index (χ3v) is 5.15. The number of aliphatic imine (C=N–C) groups is 1. The lowest BCUT2D eigenvalue weighted by molar-refractivity contribution is -0.138. The molecular formula is C22H21NO5S. The van der Waals surface area contributed by atoms with E-state index in [1.165, 1.54) is 0 Å². The summed E-state index contributed by atoms with van der Waals surface area (Å²) in [6.45, 7) is 3.73. The first-order valence-corrected chi connectivity index (χ1v) is 9.77. The van der Waals surface area contributed by atoms with Gasteiger partial charge in [0.15, 0.2) is 0 Å². The van der Waals surface area contributed by atoms with Crippen LogP contribution in [0.3, 0.4) is 0 Å². The number of nitrogens with zero attached hydrogens (tertiary/aromatic N) is 1. The summed E-state index contributed by atoms with van der Waals surface area (Å²) in [6, 6.07) is 12.3. The normalized spacial score (nSPS) is 16.5. The van der Waals surface area contributed by atoms with Gasteiger partial charge in [0.1, 0.15) is 27.9 Å². The SMILES string of the molecule is CCOC(=O)C1=C(O)/C(=C\c2ccc(C)cc2O)SC1=Nc1cccc(OC)c1. The first-order chi connectivity index (χ1) is 13.9. The van der Waals surface area contributed by atoms with Crippen molar-refractivity contribution >= 4 is 34.5 Å². The summed E-state index contributed by atoms with van der Waals surface area (Å²) in [5.41, 5.74) is 2.00. The number of methoxy groups -OCH3 is 1. The van der Waals surface area contributed by atoms with E-state index in [2.05, 4.69) is 4.99 Å². The van der Waals surface area contributed by atoms with Gasteiger partial charge in [-0.1, -0.05) is 30.0 Å². The van der Waals surface area contributed by atoms with Crippen LogP contribution in [-0.2, 0) is 9.53 Å². The van der Waals surface area contributed by atoms with Crippen LogP contribution in [0.5, 0.6) is 11.5 Å². The lowest BCUT2D eigenvalue weighted by Gasteiger charge is -2.04. The van der Waals surface area contributed by atoms with Gasteiger partial charge in [-0.2, -0.15) is 0 Å². The lowest BCUT2D eigenvalue weighted by Crippen LogP contribution is -2.12. The summed E-state index contributed by atoms with van der Waals surface area (Å²) < 4.78 is 10.3. The summed E-state index contributed by atoms with van der Waals surface area (Å²) in [4.78, 5) is 17.4. The topological polar surface area (TPSA) is 88.4 Å². The maximum absolute atomic E-state index is 12.5. The van der Waals surface area contributed by atoms with Crippen LogP contribution in [-0.4, -0.2) is 34.9 Å². The van der Waals surface area contributed by atoms with E-state index in [-0.39, 0.29) is 23.7 Å². The highest BCUT2D eigenvalue weighted by Gasteiger charge is 2.33. The molecule has 0 saturated heterocycles. The number of thioether (sulfide) groups is 1. The van der Waals surface area contributed by atoms with Gasteiger partial charge in [0.05, 0.1) is 24.3 Å². The molecule has 1 aliphatic rings. The Morgan fingerprint density at radius 2 is 2.00 bits per heavy atom. The fourth-order valence-electron chi connectivity index (χ4n) is 2.71. The van der Waals surface area contributed by atoms with Gasteiger partial charge >= 0.3 is 5.97 Å². The van der Waals surface area contributed by atoms with Crippen LogP contribution in [0, 0.1) is 6.92 Å². The predicted molar refractivity (Wildman–Crippen MR) is 115 cm³/mol. The average Bonchev–Trinajstić information content (AvgIpc) is 2.99. The molecule has 6 nitrogen and oxygen atoms in total. The summed E-state index contributed by atoms with van der Waals surface area (Å²) >= 11 is 1.13. The number of hydrogen-bond acceptors (Lipinski definition) is 7. The van der Waals surface area contributed by atoms with Gasteiger partial charge in [-0.15, -0.1) is 0 Å². The van der Waals surface area contributed by atoms with E-state index in [1.807, 2.05) is 13.0 Å². The van der Waals surface area contributed by atoms with Crippen molar-refractivity contribution in [3.8, 4) is 11.5 Å². The third kappa shape index (κ3) is 4.63. The maximum atomic E-state index is 12.5. The minimum absolute atomic E-state index is 0.00230. The number of aromatic hydroxyl groups is 1. The Hall–Kier alpha value is -3.19. The van der Waals surface area contributed by atoms with Crippen LogP contribution < -0.4 is 4.74 Å². The quantitative estimate of drug-likeness (QED) is 0.680. The Morgan fingerprint density at radius 3 is 2.69 bits per heavy atom. The molecule has 0 aliphatic carbocycles. The van der Waals surface area contributed by atoms with Crippen molar-refractivity contribution in [1.82, 2.24) is 0 Å². The Morgan fingerprint density at radius 1 is 1.21 bits per heavy atom. The van der Waals surface area contributed by atoms with Gasteiger partial charge in [0, 0.05) is 11.6 Å². The highest BCUT2D eigenvalue weighted by molar-refractivity contribution is 8.18. The molecule has 3 rings (SSSR count). The number of esters is 1. The Bertz CT molecular complexity index is 1040. The molecular weight excluding hydrogens is 390 g/mol. The van der Waals surface area contributed by atoms with Gasteiger partial charge in [-0.3, -0.25) is 0 Å². The zero-order valence-corrected chi connectivity index (χ0v) is 17.1. The standard InChI is InChI=1S/C22H21NO5S/c1-4-28-22(26)19-20(25)18(11-14-9-8-13(2)10-17(14)24)29-21(19)23-15-6-5-7-16(12-15)27-3/h5-12,24-25H,4H2,1-3H3/b18-11+,23-21?. The van der Waals surface area contributed by atoms with E-state index in [0.717, 1.165) is 17.3 Å². The van der Waals surface area contributed by atoms with Gasteiger partial charge in [-0.05, 0) is 43.7 Å². The molecule has 1 aliphatic heterocycles. The van der Waals surface area contributed by atoms with Crippen LogP contribution in [0.25, 0.3) is 6.08 Å². The van der Waals surface area contributed by atoms with Crippen molar-refractivity contribution in [2.75, 3.05) is 13.7 Å². The van der Waals surface area contributed by atoms with Gasteiger partial charge < -0.3 is 19.7 Å². The molecule has 0 bridgehead atoms. The Balaban J connectivity index is 2.06. The predicted octanol–water partition coefficient (Wildman–Crippen LogP) is 4.90. The van der Waals surface area contributed by atoms with Gasteiger partial charge in [-0.25, -0.2) is 9.79 Å². The number of carbonyl (C=O) groups is 1. The number of aliphatic hydroxyl groups excluding tert-OH is 1. The summed E-state index contributed by atoms with van der Waals surface area (Å²) in [5, 5.41) is 21.2. The molecule has 0 aromatic heterocycles. The summed E-state index contributed by atoms with van der Waals surface area (Å²) in [7, 11) is 1.56. The smallest absolute Gasteiger partial charge is 0.344 e. The zero-order valence-electron chi connectivity index (χ0n) is 16.3. The number of rotatable bonds is 5. The summed E-state index contributed by atoms with van der Waals surface area (Å²) in [5.74, 6) is -0.173. The lowest BCUT2D eigenvalue weighted by atomic mass is 10.1. The number of carbonyl (C=O) groups excluding carboxylic acids is 1.